The molecule has 26 heavy (non-hydrogen) atoms. The molecule has 0 aliphatic rings. The summed E-state index contributed by atoms with van der Waals surface area (Å²) in [5.41, 5.74) is 3.66. The molecule has 0 heterocycles. The monoisotopic (exact) mass is 423 g/mol. The van der Waals surface area contributed by atoms with Crippen molar-refractivity contribution in [1.82, 2.24) is 0 Å². The molecule has 3 aromatic carbocycles. The van der Waals surface area contributed by atoms with Crippen LogP contribution < -0.4 is 15.9 Å². The van der Waals surface area contributed by atoms with E-state index in [1.807, 2.05) is 0 Å². The second kappa shape index (κ2) is 9.70. The van der Waals surface area contributed by atoms with Gasteiger partial charge in [-0.1, -0.05) is 70.5 Å². The van der Waals surface area contributed by atoms with Crippen LogP contribution in [0.3, 0.4) is 0 Å². The maximum Gasteiger partial charge on any atom is 0.189 e. The Morgan fingerprint density at radius 1 is 0.692 bits per heavy atom. The minimum atomic E-state index is -2.05. The molecule has 0 unspecified atom stereocenters. The van der Waals surface area contributed by atoms with E-state index in [1.54, 1.807) is 0 Å². The minimum absolute atomic E-state index is 0.444. The highest BCUT2D eigenvalue weighted by Gasteiger charge is 2.44. The summed E-state index contributed by atoms with van der Waals surface area (Å²) in [4.78, 5) is 0. The van der Waals surface area contributed by atoms with Gasteiger partial charge in [0.2, 0.25) is 0 Å². The Morgan fingerprint density at radius 2 is 1.12 bits per heavy atom. The Bertz CT molecular complexity index is 758. The van der Waals surface area contributed by atoms with Crippen molar-refractivity contribution in [2.24, 2.45) is 0 Å². The molecule has 0 fully saturated rings. The van der Waals surface area contributed by atoms with Crippen LogP contribution in [0.2, 0.25) is 0 Å². The van der Waals surface area contributed by atoms with Crippen molar-refractivity contribution in [1.29, 1.82) is 0 Å². The molecule has 0 atom stereocenters. The van der Waals surface area contributed by atoms with Gasteiger partial charge in [-0.2, -0.15) is 0 Å². The number of benzene rings is 3. The molecule has 0 amide bonds. The Morgan fingerprint density at radius 3 is 1.50 bits per heavy atom. The van der Waals surface area contributed by atoms with E-state index < -0.39 is 7.26 Å². The highest BCUT2D eigenvalue weighted by Crippen LogP contribution is 2.54. The van der Waals surface area contributed by atoms with Crippen LogP contribution in [0.4, 0.5) is 0 Å². The molecule has 0 radical (unpaired) electrons. The van der Waals surface area contributed by atoms with Crippen LogP contribution in [0.1, 0.15) is 0 Å². The van der Waals surface area contributed by atoms with Gasteiger partial charge in [-0.3, -0.25) is 0 Å². The van der Waals surface area contributed by atoms with Gasteiger partial charge in [0.05, 0.1) is 12.3 Å². The van der Waals surface area contributed by atoms with Gasteiger partial charge in [-0.05, 0) is 42.3 Å². The SMILES string of the molecule is BrCCOCC#C[P+](c1ccccc1)(c1ccccc1)c1ccccc1. The smallest absolute Gasteiger partial charge is 0.189 e. The van der Waals surface area contributed by atoms with Crippen LogP contribution in [0.5, 0.6) is 0 Å². The van der Waals surface area contributed by atoms with E-state index in [2.05, 4.69) is 119 Å². The third-order valence-electron chi connectivity index (χ3n) is 4.07. The molecule has 3 rings (SSSR count). The Balaban J connectivity index is 2.18. The summed E-state index contributed by atoms with van der Waals surface area (Å²) in [5, 5.41) is 4.63. The molecule has 0 aliphatic carbocycles. The first-order valence-corrected chi connectivity index (χ1v) is 11.5. The molecule has 3 aromatic rings. The molecule has 0 N–H and O–H groups in total. The summed E-state index contributed by atoms with van der Waals surface area (Å²) in [5.74, 6) is 3.31. The van der Waals surface area contributed by atoms with Crippen LogP contribution in [0.15, 0.2) is 91.0 Å². The predicted molar refractivity (Wildman–Crippen MR) is 118 cm³/mol. The van der Waals surface area contributed by atoms with Crippen LogP contribution in [0, 0.1) is 11.6 Å². The van der Waals surface area contributed by atoms with Gasteiger partial charge in [0, 0.05) is 5.33 Å². The van der Waals surface area contributed by atoms with Crippen molar-refractivity contribution in [3.63, 3.8) is 0 Å². The van der Waals surface area contributed by atoms with Crippen molar-refractivity contribution in [3.05, 3.63) is 91.0 Å². The van der Waals surface area contributed by atoms with E-state index in [-0.39, 0.29) is 0 Å². The van der Waals surface area contributed by atoms with Gasteiger partial charge < -0.3 is 4.74 Å². The van der Waals surface area contributed by atoms with E-state index in [0.29, 0.717) is 13.2 Å². The Labute approximate surface area is 164 Å². The summed E-state index contributed by atoms with van der Waals surface area (Å²) in [6.07, 6.45) is 0. The Hall–Kier alpha value is -1.91. The van der Waals surface area contributed by atoms with E-state index in [4.69, 9.17) is 4.74 Å². The Kier molecular flexibility index (Phi) is 7.04. The van der Waals surface area contributed by atoms with Crippen LogP contribution >= 0.6 is 23.2 Å². The molecule has 1 nitrogen and oxygen atoms in total. The van der Waals surface area contributed by atoms with Gasteiger partial charge in [0.15, 0.2) is 7.26 Å². The predicted octanol–water partition coefficient (Wildman–Crippen LogP) is 4.35. The fourth-order valence-electron chi connectivity index (χ4n) is 2.92. The van der Waals surface area contributed by atoms with Crippen molar-refractivity contribution in [2.45, 2.75) is 0 Å². The highest BCUT2D eigenvalue weighted by molar-refractivity contribution is 9.09. The lowest BCUT2D eigenvalue weighted by molar-refractivity contribution is 0.186. The van der Waals surface area contributed by atoms with Crippen molar-refractivity contribution >= 4 is 39.1 Å². The van der Waals surface area contributed by atoms with Gasteiger partial charge in [-0.15, -0.1) is 0 Å². The van der Waals surface area contributed by atoms with Crippen molar-refractivity contribution < 1.29 is 4.74 Å². The summed E-state index contributed by atoms with van der Waals surface area (Å²) >= 11 is 3.38. The molecule has 130 valence electrons. The number of hydrogen-bond donors (Lipinski definition) is 0. The second-order valence-corrected chi connectivity index (χ2v) is 9.62. The number of ether oxygens (including phenoxy) is 1. The zero-order chi connectivity index (χ0) is 18.1. The summed E-state index contributed by atoms with van der Waals surface area (Å²) in [7, 11) is -2.05. The third-order valence-corrected chi connectivity index (χ3v) is 8.11. The quantitative estimate of drug-likeness (QED) is 0.248. The number of hydrogen-bond acceptors (Lipinski definition) is 1. The second-order valence-electron chi connectivity index (χ2n) is 5.71. The topological polar surface area (TPSA) is 9.23 Å². The maximum absolute atomic E-state index is 5.58. The van der Waals surface area contributed by atoms with Crippen molar-refractivity contribution in [2.75, 3.05) is 18.5 Å². The van der Waals surface area contributed by atoms with E-state index in [0.717, 1.165) is 5.33 Å². The summed E-state index contributed by atoms with van der Waals surface area (Å²) in [6.45, 7) is 1.11. The molecule has 0 spiro atoms. The van der Waals surface area contributed by atoms with E-state index in [1.165, 1.54) is 15.9 Å². The summed E-state index contributed by atoms with van der Waals surface area (Å²) < 4.78 is 5.58. The van der Waals surface area contributed by atoms with Crippen LogP contribution in [-0.2, 0) is 4.74 Å². The van der Waals surface area contributed by atoms with E-state index >= 15 is 0 Å². The first kappa shape index (κ1) is 18.9. The number of halogens is 1. The fourth-order valence-corrected chi connectivity index (χ4v) is 6.59. The van der Waals surface area contributed by atoms with Crippen LogP contribution in [-0.4, -0.2) is 18.5 Å². The molecular weight excluding hydrogens is 403 g/mol. The number of rotatable bonds is 6. The maximum atomic E-state index is 5.58. The molecule has 0 saturated heterocycles. The average molecular weight is 424 g/mol. The van der Waals surface area contributed by atoms with Gasteiger partial charge in [0.25, 0.3) is 0 Å². The molecule has 0 aliphatic heterocycles. The largest absolute Gasteiger partial charge is 0.368 e. The lowest BCUT2D eigenvalue weighted by atomic mass is 10.4. The standard InChI is InChI=1S/C23H21BrOP/c24-17-19-25-18-10-20-26(21-11-4-1-5-12-21,22-13-6-2-7-14-22)23-15-8-3-9-16-23/h1-9,11-16H,17-19H2/q+1. The van der Waals surface area contributed by atoms with Gasteiger partial charge >= 0.3 is 0 Å². The van der Waals surface area contributed by atoms with Crippen LogP contribution in [0.25, 0.3) is 0 Å². The van der Waals surface area contributed by atoms with Gasteiger partial charge in [-0.25, -0.2) is 0 Å². The first-order chi connectivity index (χ1) is 12.9. The molecule has 0 aromatic heterocycles. The third kappa shape index (κ3) is 4.25. The lowest BCUT2D eigenvalue weighted by Crippen LogP contribution is -2.30. The van der Waals surface area contributed by atoms with E-state index in [9.17, 15) is 0 Å². The van der Waals surface area contributed by atoms with Crippen molar-refractivity contribution in [3.8, 4) is 11.6 Å². The minimum Gasteiger partial charge on any atom is -0.368 e. The molecule has 3 heteroatoms. The zero-order valence-corrected chi connectivity index (χ0v) is 17.0. The van der Waals surface area contributed by atoms with Gasteiger partial charge in [0.1, 0.15) is 22.5 Å². The first-order valence-electron chi connectivity index (χ1n) is 8.57. The number of alkyl halides is 1. The zero-order valence-electron chi connectivity index (χ0n) is 14.5. The average Bonchev–Trinajstić information content (AvgIpc) is 2.73. The lowest BCUT2D eigenvalue weighted by Gasteiger charge is -2.21. The molecule has 0 saturated carbocycles. The summed E-state index contributed by atoms with van der Waals surface area (Å²) in [6, 6.07) is 31.9. The highest BCUT2D eigenvalue weighted by atomic mass is 79.9. The molecule has 0 bridgehead atoms. The molecular formula is C23H21BrOP+. The normalized spacial score (nSPS) is 10.8. The fraction of sp³-hybridized carbons (Fsp3) is 0.130.